The van der Waals surface area contributed by atoms with E-state index in [1.54, 1.807) is 12.1 Å². The third-order valence-corrected chi connectivity index (χ3v) is 4.76. The number of carbonyl (C=O) groups excluding carboxylic acids is 3. The minimum absolute atomic E-state index is 0.0410. The van der Waals surface area contributed by atoms with Crippen LogP contribution in [0.2, 0.25) is 0 Å². The first-order valence-electron chi connectivity index (χ1n) is 9.32. The second-order valence-electron chi connectivity index (χ2n) is 7.04. The summed E-state index contributed by atoms with van der Waals surface area (Å²) in [7, 11) is 1.44. The Morgan fingerprint density at radius 1 is 1.13 bits per heavy atom. The number of anilines is 3. The van der Waals surface area contributed by atoms with E-state index in [4.69, 9.17) is 4.74 Å². The normalized spacial score (nSPS) is 16.2. The number of nitrogens with one attached hydrogen (secondary N) is 2. The molecule has 1 aliphatic heterocycles. The lowest BCUT2D eigenvalue weighted by Crippen LogP contribution is -2.28. The molecule has 0 saturated carbocycles. The number of ether oxygens (including phenoxy) is 1. The molecule has 10 heteroatoms. The summed E-state index contributed by atoms with van der Waals surface area (Å²) in [6.07, 6.45) is -4.66. The van der Waals surface area contributed by atoms with E-state index in [0.717, 1.165) is 12.1 Å². The van der Waals surface area contributed by atoms with Crippen molar-refractivity contribution >= 4 is 34.8 Å². The molecular formula is C21H20F3N3O4. The number of alkyl halides is 3. The maximum atomic E-state index is 13.0. The molecular weight excluding hydrogens is 415 g/mol. The van der Waals surface area contributed by atoms with Gasteiger partial charge in [-0.15, -0.1) is 0 Å². The molecule has 3 rings (SSSR count). The molecule has 31 heavy (non-hydrogen) atoms. The molecule has 0 spiro atoms. The maximum absolute atomic E-state index is 13.0. The monoisotopic (exact) mass is 435 g/mol. The molecule has 1 atom stereocenters. The first-order chi connectivity index (χ1) is 14.6. The quantitative estimate of drug-likeness (QED) is 0.750. The van der Waals surface area contributed by atoms with Gasteiger partial charge >= 0.3 is 6.18 Å². The Kier molecular flexibility index (Phi) is 6.19. The van der Waals surface area contributed by atoms with Gasteiger partial charge in [-0.25, -0.2) is 0 Å². The van der Waals surface area contributed by atoms with Crippen molar-refractivity contribution in [2.45, 2.75) is 19.5 Å². The van der Waals surface area contributed by atoms with Crippen LogP contribution in [0.3, 0.4) is 0 Å². The van der Waals surface area contributed by atoms with Crippen LogP contribution in [-0.4, -0.2) is 31.4 Å². The van der Waals surface area contributed by atoms with Gasteiger partial charge in [-0.1, -0.05) is 6.07 Å². The lowest BCUT2D eigenvalue weighted by atomic mass is 10.1. The number of hydrogen-bond donors (Lipinski definition) is 2. The van der Waals surface area contributed by atoms with Gasteiger partial charge in [-0.05, 0) is 36.4 Å². The summed E-state index contributed by atoms with van der Waals surface area (Å²) in [5.74, 6) is -1.55. The Hall–Kier alpha value is -3.56. The first kappa shape index (κ1) is 22.1. The summed E-state index contributed by atoms with van der Waals surface area (Å²) in [5, 5.41) is 5.26. The highest BCUT2D eigenvalue weighted by molar-refractivity contribution is 6.04. The molecule has 1 fully saturated rings. The smallest absolute Gasteiger partial charge is 0.416 e. The Bertz CT molecular complexity index is 1020. The van der Waals surface area contributed by atoms with E-state index in [-0.39, 0.29) is 24.6 Å². The molecule has 0 aliphatic carbocycles. The summed E-state index contributed by atoms with van der Waals surface area (Å²) in [6, 6.07) is 9.08. The Balaban J connectivity index is 1.73. The van der Waals surface area contributed by atoms with Crippen molar-refractivity contribution in [3.63, 3.8) is 0 Å². The number of hydrogen-bond acceptors (Lipinski definition) is 4. The van der Waals surface area contributed by atoms with Crippen LogP contribution in [0.5, 0.6) is 5.75 Å². The number of amides is 3. The fourth-order valence-electron chi connectivity index (χ4n) is 3.30. The van der Waals surface area contributed by atoms with Gasteiger partial charge in [0.05, 0.1) is 24.3 Å². The molecule has 1 saturated heterocycles. The van der Waals surface area contributed by atoms with Gasteiger partial charge in [-0.2, -0.15) is 13.2 Å². The molecule has 164 valence electrons. The third-order valence-electron chi connectivity index (χ3n) is 4.76. The van der Waals surface area contributed by atoms with Crippen LogP contribution in [-0.2, 0) is 20.6 Å². The summed E-state index contributed by atoms with van der Waals surface area (Å²) in [4.78, 5) is 37.6. The molecule has 1 heterocycles. The molecule has 3 amide bonds. The van der Waals surface area contributed by atoms with Crippen LogP contribution in [0.4, 0.5) is 30.2 Å². The van der Waals surface area contributed by atoms with Gasteiger partial charge in [0, 0.05) is 31.3 Å². The highest BCUT2D eigenvalue weighted by Gasteiger charge is 2.37. The number of halogens is 3. The fraction of sp³-hybridized carbons (Fsp3) is 0.286. The summed E-state index contributed by atoms with van der Waals surface area (Å²) >= 11 is 0. The van der Waals surface area contributed by atoms with Gasteiger partial charge in [0.15, 0.2) is 0 Å². The zero-order valence-electron chi connectivity index (χ0n) is 16.7. The van der Waals surface area contributed by atoms with E-state index < -0.39 is 29.5 Å². The van der Waals surface area contributed by atoms with Gasteiger partial charge < -0.3 is 20.3 Å². The van der Waals surface area contributed by atoms with E-state index in [1.807, 2.05) is 0 Å². The first-order valence-corrected chi connectivity index (χ1v) is 9.32. The summed E-state index contributed by atoms with van der Waals surface area (Å²) in [5.41, 5.74) is -0.0395. The van der Waals surface area contributed by atoms with Crippen molar-refractivity contribution < 1.29 is 32.3 Å². The predicted octanol–water partition coefficient (Wildman–Crippen LogP) is 3.66. The molecule has 2 aromatic rings. The third kappa shape index (κ3) is 5.14. The minimum atomic E-state index is -4.53. The van der Waals surface area contributed by atoms with Crippen molar-refractivity contribution in [1.29, 1.82) is 0 Å². The van der Waals surface area contributed by atoms with Gasteiger partial charge in [-0.3, -0.25) is 14.4 Å². The minimum Gasteiger partial charge on any atom is -0.495 e. The van der Waals surface area contributed by atoms with E-state index in [2.05, 4.69) is 10.6 Å². The highest BCUT2D eigenvalue weighted by atomic mass is 19.4. The SMILES string of the molecule is COc1ccc(NC(=O)C2CC(=O)N(c3cccc(C(F)(F)F)c3)C2)cc1NC(C)=O. The standard InChI is InChI=1S/C21H20F3N3O4/c1-12(28)25-17-10-15(6-7-18(17)31-2)26-20(30)13-8-19(29)27(11-13)16-5-3-4-14(9-16)21(22,23)24/h3-7,9-10,13H,8,11H2,1-2H3,(H,25,28)(H,26,30). The maximum Gasteiger partial charge on any atom is 0.416 e. The van der Waals surface area contributed by atoms with Crippen LogP contribution in [0.25, 0.3) is 0 Å². The molecule has 1 unspecified atom stereocenters. The van der Waals surface area contributed by atoms with Gasteiger partial charge in [0.1, 0.15) is 5.75 Å². The number of methoxy groups -OCH3 is 1. The summed E-state index contributed by atoms with van der Waals surface area (Å²) in [6.45, 7) is 1.29. The van der Waals surface area contributed by atoms with Gasteiger partial charge in [0.25, 0.3) is 0 Å². The summed E-state index contributed by atoms with van der Waals surface area (Å²) < 4.78 is 44.0. The second kappa shape index (κ2) is 8.66. The lowest BCUT2D eigenvalue weighted by Gasteiger charge is -2.18. The zero-order valence-corrected chi connectivity index (χ0v) is 16.7. The van der Waals surface area contributed by atoms with Crippen LogP contribution in [0.15, 0.2) is 42.5 Å². The lowest BCUT2D eigenvalue weighted by molar-refractivity contribution is -0.137. The van der Waals surface area contributed by atoms with Crippen molar-refractivity contribution in [2.75, 3.05) is 29.2 Å². The number of carbonyl (C=O) groups is 3. The molecule has 0 bridgehead atoms. The number of benzene rings is 2. The molecule has 0 radical (unpaired) electrons. The van der Waals surface area contributed by atoms with Crippen LogP contribution in [0.1, 0.15) is 18.9 Å². The van der Waals surface area contributed by atoms with Crippen LogP contribution < -0.4 is 20.3 Å². The van der Waals surface area contributed by atoms with Crippen LogP contribution in [0, 0.1) is 5.92 Å². The zero-order chi connectivity index (χ0) is 22.8. The number of rotatable bonds is 5. The predicted molar refractivity (Wildman–Crippen MR) is 108 cm³/mol. The Labute approximate surface area is 176 Å². The highest BCUT2D eigenvalue weighted by Crippen LogP contribution is 2.34. The Morgan fingerprint density at radius 3 is 2.52 bits per heavy atom. The molecule has 0 aromatic heterocycles. The van der Waals surface area contributed by atoms with Crippen molar-refractivity contribution in [3.05, 3.63) is 48.0 Å². The van der Waals surface area contributed by atoms with Gasteiger partial charge in [0.2, 0.25) is 17.7 Å². The molecule has 2 aromatic carbocycles. The van der Waals surface area contributed by atoms with Crippen LogP contribution >= 0.6 is 0 Å². The molecule has 7 nitrogen and oxygen atoms in total. The second-order valence-corrected chi connectivity index (χ2v) is 7.04. The van der Waals surface area contributed by atoms with E-state index >= 15 is 0 Å². The van der Waals surface area contributed by atoms with Crippen molar-refractivity contribution in [3.8, 4) is 5.75 Å². The van der Waals surface area contributed by atoms with Crippen molar-refractivity contribution in [2.24, 2.45) is 5.92 Å². The average Bonchev–Trinajstić information content (AvgIpc) is 3.09. The number of nitrogens with zero attached hydrogens (tertiary/aromatic N) is 1. The van der Waals surface area contributed by atoms with E-state index in [1.165, 1.54) is 37.1 Å². The van der Waals surface area contributed by atoms with Crippen molar-refractivity contribution in [1.82, 2.24) is 0 Å². The molecule has 2 N–H and O–H groups in total. The van der Waals surface area contributed by atoms with E-state index in [9.17, 15) is 27.6 Å². The average molecular weight is 435 g/mol. The topological polar surface area (TPSA) is 87.7 Å². The van der Waals surface area contributed by atoms with E-state index in [0.29, 0.717) is 17.1 Å². The largest absolute Gasteiger partial charge is 0.495 e. The molecule has 1 aliphatic rings. The Morgan fingerprint density at radius 2 is 1.87 bits per heavy atom. The fourth-order valence-corrected chi connectivity index (χ4v) is 3.30.